The molecule has 0 heterocycles. The number of carbonyl (C=O) groups excluding carboxylic acids is 1. The zero-order valence-electron chi connectivity index (χ0n) is 13.8. The smallest absolute Gasteiger partial charge is 0.226 e. The van der Waals surface area contributed by atoms with Crippen molar-refractivity contribution in [3.8, 4) is 0 Å². The molecule has 4 bridgehead atoms. The maximum Gasteiger partial charge on any atom is 0.226 e. The fourth-order valence-corrected chi connectivity index (χ4v) is 6.35. The van der Waals surface area contributed by atoms with Crippen molar-refractivity contribution in [2.45, 2.75) is 65.7 Å². The second-order valence-corrected chi connectivity index (χ2v) is 9.72. The van der Waals surface area contributed by atoms with Gasteiger partial charge >= 0.3 is 0 Å². The first kappa shape index (κ1) is 15.6. The van der Waals surface area contributed by atoms with Crippen molar-refractivity contribution < 1.29 is 4.79 Å². The summed E-state index contributed by atoms with van der Waals surface area (Å²) in [5.74, 6) is 2.61. The van der Waals surface area contributed by atoms with Crippen LogP contribution in [0.4, 0.5) is 0 Å². The van der Waals surface area contributed by atoms with Gasteiger partial charge in [0.2, 0.25) is 5.91 Å². The number of alkyl halides is 1. The molecule has 3 heteroatoms. The molecule has 4 fully saturated rings. The quantitative estimate of drug-likeness (QED) is 0.751. The monoisotopic (exact) mass is 311 g/mol. The van der Waals surface area contributed by atoms with Crippen LogP contribution in [0.25, 0.3) is 0 Å². The van der Waals surface area contributed by atoms with E-state index < -0.39 is 0 Å². The van der Waals surface area contributed by atoms with E-state index in [2.05, 4.69) is 26.1 Å². The molecule has 21 heavy (non-hydrogen) atoms. The standard InChI is InChI=1S/C18H30ClNO/c1-16(2,4-5-19)12-20-15(21)18-9-13-6-14(10-18)8-17(3,7-13)11-18/h13-14H,4-12H2,1-3H3,(H,20,21). The third-order valence-electron chi connectivity index (χ3n) is 6.33. The second-order valence-electron chi connectivity index (χ2n) is 9.34. The molecule has 2 atom stereocenters. The van der Waals surface area contributed by atoms with Crippen LogP contribution in [0.2, 0.25) is 0 Å². The van der Waals surface area contributed by atoms with Gasteiger partial charge in [0.25, 0.3) is 0 Å². The normalized spacial score (nSPS) is 41.3. The highest BCUT2D eigenvalue weighted by Crippen LogP contribution is 2.65. The SMILES string of the molecule is CC(C)(CCCl)CNC(=O)C12CC3CC(CC(C)(C3)C1)C2. The number of halogens is 1. The Balaban J connectivity index is 1.67. The summed E-state index contributed by atoms with van der Waals surface area (Å²) in [5, 5.41) is 3.28. The van der Waals surface area contributed by atoms with Crippen LogP contribution >= 0.6 is 11.6 Å². The molecule has 1 amide bonds. The van der Waals surface area contributed by atoms with Crippen molar-refractivity contribution in [2.24, 2.45) is 28.1 Å². The highest BCUT2D eigenvalue weighted by molar-refractivity contribution is 6.17. The van der Waals surface area contributed by atoms with Crippen LogP contribution < -0.4 is 5.32 Å². The van der Waals surface area contributed by atoms with E-state index in [0.717, 1.165) is 44.1 Å². The van der Waals surface area contributed by atoms with E-state index in [4.69, 9.17) is 11.6 Å². The van der Waals surface area contributed by atoms with Crippen LogP contribution in [-0.2, 0) is 4.79 Å². The first-order valence-corrected chi connectivity index (χ1v) is 9.14. The molecule has 2 unspecified atom stereocenters. The molecule has 0 aromatic heterocycles. The number of hydrogen-bond donors (Lipinski definition) is 1. The number of nitrogens with one attached hydrogen (secondary N) is 1. The Labute approximate surface area is 134 Å². The molecule has 120 valence electrons. The minimum atomic E-state index is -0.0458. The molecule has 4 rings (SSSR count). The highest BCUT2D eigenvalue weighted by Gasteiger charge is 2.58. The van der Waals surface area contributed by atoms with Crippen LogP contribution in [0.3, 0.4) is 0 Å². The lowest BCUT2D eigenvalue weighted by Crippen LogP contribution is -2.57. The van der Waals surface area contributed by atoms with Crippen LogP contribution in [0.5, 0.6) is 0 Å². The molecule has 0 aromatic carbocycles. The van der Waals surface area contributed by atoms with Crippen LogP contribution in [0.1, 0.15) is 65.7 Å². The number of hydrogen-bond acceptors (Lipinski definition) is 1. The molecule has 0 spiro atoms. The summed E-state index contributed by atoms with van der Waals surface area (Å²) in [4.78, 5) is 12.9. The van der Waals surface area contributed by atoms with E-state index in [0.29, 0.717) is 17.2 Å². The van der Waals surface area contributed by atoms with E-state index in [1.165, 1.54) is 19.3 Å². The summed E-state index contributed by atoms with van der Waals surface area (Å²) in [7, 11) is 0. The largest absolute Gasteiger partial charge is 0.355 e. The van der Waals surface area contributed by atoms with Crippen molar-refractivity contribution in [3.63, 3.8) is 0 Å². The Morgan fingerprint density at radius 1 is 1.24 bits per heavy atom. The van der Waals surface area contributed by atoms with Gasteiger partial charge in [-0.25, -0.2) is 0 Å². The molecule has 0 aliphatic heterocycles. The van der Waals surface area contributed by atoms with Crippen molar-refractivity contribution in [2.75, 3.05) is 12.4 Å². The summed E-state index contributed by atoms with van der Waals surface area (Å²) in [5.41, 5.74) is 0.493. The topological polar surface area (TPSA) is 29.1 Å². The van der Waals surface area contributed by atoms with Gasteiger partial charge < -0.3 is 5.32 Å². The lowest BCUT2D eigenvalue weighted by atomic mass is 9.44. The predicted octanol–water partition coefficient (Wildman–Crippen LogP) is 4.36. The third kappa shape index (κ3) is 2.98. The van der Waals surface area contributed by atoms with Gasteiger partial charge in [-0.2, -0.15) is 0 Å². The lowest BCUT2D eigenvalue weighted by Gasteiger charge is -2.60. The first-order chi connectivity index (χ1) is 9.76. The van der Waals surface area contributed by atoms with Gasteiger partial charge in [0, 0.05) is 12.4 Å². The summed E-state index contributed by atoms with van der Waals surface area (Å²) in [6, 6.07) is 0. The fourth-order valence-electron chi connectivity index (χ4n) is 5.84. The molecule has 4 saturated carbocycles. The van der Waals surface area contributed by atoms with Crippen molar-refractivity contribution >= 4 is 17.5 Å². The molecule has 0 saturated heterocycles. The predicted molar refractivity (Wildman–Crippen MR) is 87.3 cm³/mol. The Bertz CT molecular complexity index is 417. The Morgan fingerprint density at radius 3 is 2.38 bits per heavy atom. The summed E-state index contributed by atoms with van der Waals surface area (Å²) in [6.45, 7) is 7.56. The maximum absolute atomic E-state index is 12.9. The van der Waals surface area contributed by atoms with Gasteiger partial charge in [-0.05, 0) is 67.6 Å². The molecular formula is C18H30ClNO. The van der Waals surface area contributed by atoms with Crippen molar-refractivity contribution in [3.05, 3.63) is 0 Å². The molecule has 0 radical (unpaired) electrons. The number of rotatable bonds is 5. The highest BCUT2D eigenvalue weighted by atomic mass is 35.5. The third-order valence-corrected chi connectivity index (χ3v) is 6.52. The van der Waals surface area contributed by atoms with Gasteiger partial charge in [-0.15, -0.1) is 11.6 Å². The molecule has 2 nitrogen and oxygen atoms in total. The van der Waals surface area contributed by atoms with Crippen LogP contribution in [0.15, 0.2) is 0 Å². The second kappa shape index (κ2) is 5.15. The maximum atomic E-state index is 12.9. The zero-order valence-corrected chi connectivity index (χ0v) is 14.6. The summed E-state index contributed by atoms with van der Waals surface area (Å²) >= 11 is 5.86. The van der Waals surface area contributed by atoms with Crippen molar-refractivity contribution in [1.82, 2.24) is 5.32 Å². The molecule has 4 aliphatic rings. The van der Waals surface area contributed by atoms with Crippen molar-refractivity contribution in [1.29, 1.82) is 0 Å². The van der Waals surface area contributed by atoms with Gasteiger partial charge in [0.1, 0.15) is 0 Å². The van der Waals surface area contributed by atoms with Crippen LogP contribution in [0, 0.1) is 28.1 Å². The molecular weight excluding hydrogens is 282 g/mol. The van der Waals surface area contributed by atoms with E-state index >= 15 is 0 Å². The van der Waals surface area contributed by atoms with E-state index in [-0.39, 0.29) is 10.8 Å². The summed E-state index contributed by atoms with van der Waals surface area (Å²) in [6.07, 6.45) is 8.44. The minimum absolute atomic E-state index is 0.0458. The van der Waals surface area contributed by atoms with Gasteiger partial charge in [0.15, 0.2) is 0 Å². The van der Waals surface area contributed by atoms with E-state index in [9.17, 15) is 4.79 Å². The zero-order chi connectivity index (χ0) is 15.3. The van der Waals surface area contributed by atoms with Gasteiger partial charge in [0.05, 0.1) is 5.41 Å². The first-order valence-electron chi connectivity index (χ1n) is 8.60. The fraction of sp³-hybridized carbons (Fsp3) is 0.944. The molecule has 4 aliphatic carbocycles. The Kier molecular flexibility index (Phi) is 3.83. The Hall–Kier alpha value is -0.240. The average molecular weight is 312 g/mol. The van der Waals surface area contributed by atoms with E-state index in [1.807, 2.05) is 0 Å². The van der Waals surface area contributed by atoms with Gasteiger partial charge in [-0.1, -0.05) is 20.8 Å². The summed E-state index contributed by atoms with van der Waals surface area (Å²) < 4.78 is 0. The van der Waals surface area contributed by atoms with Gasteiger partial charge in [-0.3, -0.25) is 4.79 Å². The number of carbonyl (C=O) groups is 1. The molecule has 0 aromatic rings. The number of amides is 1. The van der Waals surface area contributed by atoms with Crippen LogP contribution in [-0.4, -0.2) is 18.3 Å². The van der Waals surface area contributed by atoms with E-state index in [1.54, 1.807) is 0 Å². The Morgan fingerprint density at radius 2 is 1.86 bits per heavy atom. The molecule has 1 N–H and O–H groups in total. The lowest BCUT2D eigenvalue weighted by molar-refractivity contribution is -0.155. The minimum Gasteiger partial charge on any atom is -0.355 e. The average Bonchev–Trinajstić information content (AvgIpc) is 2.32.